The van der Waals surface area contributed by atoms with Gasteiger partial charge >= 0.3 is 5.97 Å². The molecule has 2 heterocycles. The maximum absolute atomic E-state index is 10.8. The first-order valence-electron chi connectivity index (χ1n) is 5.32. The first-order chi connectivity index (χ1) is 6.77. The fourth-order valence-electron chi connectivity index (χ4n) is 2.33. The Bertz CT molecular complexity index is 213. The number of carbonyl (C=O) groups is 1. The minimum absolute atomic E-state index is 0.156. The quantitative estimate of drug-likeness (QED) is 0.706. The number of likely N-dealkylation sites (tertiary alicyclic amines) is 1. The van der Waals surface area contributed by atoms with Crippen molar-refractivity contribution in [2.45, 2.75) is 25.3 Å². The molecule has 4 heteroatoms. The molecular weight excluding hydrogens is 182 g/mol. The van der Waals surface area contributed by atoms with E-state index in [9.17, 15) is 4.79 Å². The predicted molar refractivity (Wildman–Crippen MR) is 51.2 cm³/mol. The maximum Gasteiger partial charge on any atom is 0.307 e. The third-order valence-corrected chi connectivity index (χ3v) is 3.22. The summed E-state index contributed by atoms with van der Waals surface area (Å²) in [5, 5.41) is 8.87. The Morgan fingerprint density at radius 3 is 2.86 bits per heavy atom. The van der Waals surface area contributed by atoms with Gasteiger partial charge in [-0.15, -0.1) is 0 Å². The van der Waals surface area contributed by atoms with Crippen molar-refractivity contribution in [2.75, 3.05) is 26.3 Å². The third-order valence-electron chi connectivity index (χ3n) is 3.22. The largest absolute Gasteiger partial charge is 0.481 e. The van der Waals surface area contributed by atoms with Gasteiger partial charge in [0.1, 0.15) is 0 Å². The summed E-state index contributed by atoms with van der Waals surface area (Å²) in [5.74, 6) is -0.804. The van der Waals surface area contributed by atoms with Crippen LogP contribution in [0, 0.1) is 5.92 Å². The van der Waals surface area contributed by atoms with Crippen molar-refractivity contribution in [3.63, 3.8) is 0 Å². The van der Waals surface area contributed by atoms with Crippen LogP contribution < -0.4 is 0 Å². The molecular formula is C10H17NO3. The number of aliphatic carboxylic acids is 1. The first-order valence-corrected chi connectivity index (χ1v) is 5.32. The average Bonchev–Trinajstić information content (AvgIpc) is 2.68. The molecule has 0 saturated carbocycles. The Morgan fingerprint density at radius 1 is 1.43 bits per heavy atom. The molecule has 2 aliphatic heterocycles. The van der Waals surface area contributed by atoms with Gasteiger partial charge in [-0.3, -0.25) is 9.69 Å². The molecule has 4 nitrogen and oxygen atoms in total. The molecule has 0 aromatic rings. The standard InChI is InChI=1S/C10H17NO3/c12-10(13)8-3-4-11(6-8)9-2-1-5-14-7-9/h8-9H,1-7H2,(H,12,13). The molecule has 0 spiro atoms. The SMILES string of the molecule is O=C(O)C1CCN(C2CCCOC2)C1. The van der Waals surface area contributed by atoms with Crippen molar-refractivity contribution in [2.24, 2.45) is 5.92 Å². The van der Waals surface area contributed by atoms with E-state index in [1.54, 1.807) is 0 Å². The summed E-state index contributed by atoms with van der Waals surface area (Å²) in [6.45, 7) is 3.29. The van der Waals surface area contributed by atoms with Gasteiger partial charge in [0.15, 0.2) is 0 Å². The number of hydrogen-bond acceptors (Lipinski definition) is 3. The molecule has 2 saturated heterocycles. The molecule has 1 N–H and O–H groups in total. The highest BCUT2D eigenvalue weighted by Gasteiger charge is 2.32. The monoisotopic (exact) mass is 199 g/mol. The van der Waals surface area contributed by atoms with Crippen molar-refractivity contribution in [1.82, 2.24) is 4.90 Å². The van der Waals surface area contributed by atoms with Crippen LogP contribution in [0.4, 0.5) is 0 Å². The van der Waals surface area contributed by atoms with E-state index in [1.165, 1.54) is 0 Å². The van der Waals surface area contributed by atoms with Crippen LogP contribution in [0.2, 0.25) is 0 Å². The summed E-state index contributed by atoms with van der Waals surface area (Å²) in [4.78, 5) is 13.0. The van der Waals surface area contributed by atoms with Gasteiger partial charge in [-0.25, -0.2) is 0 Å². The summed E-state index contributed by atoms with van der Waals surface area (Å²) in [6, 6.07) is 0.466. The Morgan fingerprint density at radius 2 is 2.29 bits per heavy atom. The molecule has 2 fully saturated rings. The van der Waals surface area contributed by atoms with Crippen LogP contribution in [0.15, 0.2) is 0 Å². The second-order valence-electron chi connectivity index (χ2n) is 4.19. The van der Waals surface area contributed by atoms with Gasteiger partial charge in [0, 0.05) is 19.2 Å². The van der Waals surface area contributed by atoms with E-state index in [0.717, 1.165) is 39.0 Å². The average molecular weight is 199 g/mol. The highest BCUT2D eigenvalue weighted by atomic mass is 16.5. The smallest absolute Gasteiger partial charge is 0.307 e. The molecule has 2 aliphatic rings. The highest BCUT2D eigenvalue weighted by molar-refractivity contribution is 5.70. The number of carboxylic acid groups (broad SMARTS) is 1. The summed E-state index contributed by atoms with van der Waals surface area (Å²) in [5.41, 5.74) is 0. The van der Waals surface area contributed by atoms with Crippen LogP contribution in [0.25, 0.3) is 0 Å². The Balaban J connectivity index is 1.85. The minimum Gasteiger partial charge on any atom is -0.481 e. The van der Waals surface area contributed by atoms with Gasteiger partial charge in [-0.05, 0) is 25.8 Å². The molecule has 2 rings (SSSR count). The number of nitrogens with zero attached hydrogens (tertiary/aromatic N) is 1. The molecule has 2 atom stereocenters. The van der Waals surface area contributed by atoms with E-state index in [0.29, 0.717) is 12.6 Å². The van der Waals surface area contributed by atoms with Crippen LogP contribution in [0.3, 0.4) is 0 Å². The van der Waals surface area contributed by atoms with Crippen molar-refractivity contribution in [3.05, 3.63) is 0 Å². The topological polar surface area (TPSA) is 49.8 Å². The number of rotatable bonds is 2. The fraction of sp³-hybridized carbons (Fsp3) is 0.900. The van der Waals surface area contributed by atoms with Gasteiger partial charge in [0.05, 0.1) is 12.5 Å². The minimum atomic E-state index is -0.649. The zero-order chi connectivity index (χ0) is 9.97. The van der Waals surface area contributed by atoms with E-state index in [2.05, 4.69) is 4.90 Å². The molecule has 14 heavy (non-hydrogen) atoms. The number of hydrogen-bond donors (Lipinski definition) is 1. The van der Waals surface area contributed by atoms with Crippen molar-refractivity contribution >= 4 is 5.97 Å². The number of carboxylic acids is 1. The van der Waals surface area contributed by atoms with E-state index < -0.39 is 5.97 Å². The Hall–Kier alpha value is -0.610. The van der Waals surface area contributed by atoms with E-state index in [-0.39, 0.29) is 5.92 Å². The lowest BCUT2D eigenvalue weighted by atomic mass is 10.1. The second-order valence-corrected chi connectivity index (χ2v) is 4.19. The van der Waals surface area contributed by atoms with Crippen molar-refractivity contribution in [3.8, 4) is 0 Å². The highest BCUT2D eigenvalue weighted by Crippen LogP contribution is 2.22. The molecule has 0 aromatic carbocycles. The molecule has 0 aromatic heterocycles. The third kappa shape index (κ3) is 2.07. The molecule has 0 aliphatic carbocycles. The lowest BCUT2D eigenvalue weighted by Gasteiger charge is -2.30. The van der Waals surface area contributed by atoms with Gasteiger partial charge in [0.2, 0.25) is 0 Å². The fourth-order valence-corrected chi connectivity index (χ4v) is 2.33. The Labute approximate surface area is 83.8 Å². The van der Waals surface area contributed by atoms with E-state index in [4.69, 9.17) is 9.84 Å². The molecule has 0 radical (unpaired) electrons. The lowest BCUT2D eigenvalue weighted by Crippen LogP contribution is -2.40. The van der Waals surface area contributed by atoms with Gasteiger partial charge in [-0.2, -0.15) is 0 Å². The van der Waals surface area contributed by atoms with Crippen molar-refractivity contribution < 1.29 is 14.6 Å². The summed E-state index contributed by atoms with van der Waals surface area (Å²) < 4.78 is 5.40. The van der Waals surface area contributed by atoms with Crippen LogP contribution in [0.5, 0.6) is 0 Å². The van der Waals surface area contributed by atoms with Crippen LogP contribution in [0.1, 0.15) is 19.3 Å². The molecule has 2 unspecified atom stereocenters. The van der Waals surface area contributed by atoms with Crippen molar-refractivity contribution in [1.29, 1.82) is 0 Å². The first kappa shape index (κ1) is 9.93. The van der Waals surface area contributed by atoms with Gasteiger partial charge < -0.3 is 9.84 Å². The van der Waals surface area contributed by atoms with E-state index in [1.807, 2.05) is 0 Å². The summed E-state index contributed by atoms with van der Waals surface area (Å²) in [6.07, 6.45) is 3.07. The van der Waals surface area contributed by atoms with Crippen LogP contribution in [-0.4, -0.2) is 48.3 Å². The van der Waals surface area contributed by atoms with E-state index >= 15 is 0 Å². The Kier molecular flexibility index (Phi) is 3.03. The predicted octanol–water partition coefficient (Wildman–Crippen LogP) is 0.572. The molecule has 0 bridgehead atoms. The van der Waals surface area contributed by atoms with Crippen LogP contribution >= 0.6 is 0 Å². The zero-order valence-electron chi connectivity index (χ0n) is 8.32. The molecule has 80 valence electrons. The second kappa shape index (κ2) is 4.28. The normalized spacial score (nSPS) is 34.6. The van der Waals surface area contributed by atoms with Crippen LogP contribution in [-0.2, 0) is 9.53 Å². The van der Waals surface area contributed by atoms with Gasteiger partial charge in [0.25, 0.3) is 0 Å². The summed E-state index contributed by atoms with van der Waals surface area (Å²) >= 11 is 0. The molecule has 0 amide bonds. The summed E-state index contributed by atoms with van der Waals surface area (Å²) in [7, 11) is 0. The lowest BCUT2D eigenvalue weighted by molar-refractivity contribution is -0.141. The van der Waals surface area contributed by atoms with Gasteiger partial charge in [-0.1, -0.05) is 0 Å². The maximum atomic E-state index is 10.8. The zero-order valence-corrected chi connectivity index (χ0v) is 8.32. The number of ether oxygens (including phenoxy) is 1.